The Balaban J connectivity index is 2.73. The average Bonchev–Trinajstić information content (AvgIpc) is 2.46. The van der Waals surface area contributed by atoms with Crippen molar-refractivity contribution in [3.63, 3.8) is 0 Å². The second-order valence-corrected chi connectivity index (χ2v) is 6.12. The zero-order valence-corrected chi connectivity index (χ0v) is 13.9. The predicted octanol–water partition coefficient (Wildman–Crippen LogP) is 5.24. The summed E-state index contributed by atoms with van der Waals surface area (Å²) in [6.07, 6.45) is 6.34. The van der Waals surface area contributed by atoms with Crippen molar-refractivity contribution in [2.75, 3.05) is 6.26 Å². The van der Waals surface area contributed by atoms with E-state index in [4.69, 9.17) is 0 Å². The van der Waals surface area contributed by atoms with Crippen LogP contribution in [0.3, 0.4) is 0 Å². The van der Waals surface area contributed by atoms with Gasteiger partial charge >= 0.3 is 0 Å². The van der Waals surface area contributed by atoms with E-state index in [1.165, 1.54) is 16.7 Å². The molecule has 1 aromatic rings. The number of nitrogens with one attached hydrogen (secondary N) is 1. The van der Waals surface area contributed by atoms with Crippen molar-refractivity contribution in [3.8, 4) is 0 Å². The Bertz CT molecular complexity index is 450. The van der Waals surface area contributed by atoms with E-state index in [1.807, 2.05) is 11.8 Å². The van der Waals surface area contributed by atoms with Gasteiger partial charge in [-0.25, -0.2) is 0 Å². The molecular formula is C18H27NS. The van der Waals surface area contributed by atoms with Crippen LogP contribution in [0.1, 0.15) is 44.2 Å². The second-order valence-electron chi connectivity index (χ2n) is 5.08. The normalized spacial score (nSPS) is 11.9. The lowest BCUT2D eigenvalue weighted by Crippen LogP contribution is -2.26. The predicted molar refractivity (Wildman–Crippen MR) is 94.0 cm³/mol. The van der Waals surface area contributed by atoms with Crippen molar-refractivity contribution in [1.29, 1.82) is 0 Å². The van der Waals surface area contributed by atoms with Gasteiger partial charge < -0.3 is 5.32 Å². The molecule has 0 radical (unpaired) electrons. The first kappa shape index (κ1) is 16.9. The van der Waals surface area contributed by atoms with Crippen molar-refractivity contribution >= 4 is 17.3 Å². The summed E-state index contributed by atoms with van der Waals surface area (Å²) < 4.78 is 0. The van der Waals surface area contributed by atoms with E-state index in [9.17, 15) is 0 Å². The zero-order valence-electron chi connectivity index (χ0n) is 13.0. The van der Waals surface area contributed by atoms with Gasteiger partial charge in [0.25, 0.3) is 0 Å². The Hall–Kier alpha value is -1.15. The average molecular weight is 289 g/mol. The summed E-state index contributed by atoms with van der Waals surface area (Å²) in [5.74, 6) is 0. The third-order valence-electron chi connectivity index (χ3n) is 3.38. The van der Waals surface area contributed by atoms with Crippen LogP contribution in [0.4, 0.5) is 0 Å². The maximum Gasteiger partial charge on any atom is 0.0757 e. The van der Waals surface area contributed by atoms with Gasteiger partial charge in [-0.15, -0.1) is 11.8 Å². The van der Waals surface area contributed by atoms with Crippen molar-refractivity contribution in [3.05, 3.63) is 54.2 Å². The molecule has 1 nitrogen and oxygen atoms in total. The number of rotatable bonds is 9. The van der Waals surface area contributed by atoms with E-state index in [0.29, 0.717) is 5.37 Å². The molecule has 0 saturated carbocycles. The summed E-state index contributed by atoms with van der Waals surface area (Å²) >= 11 is 1.84. The molecular weight excluding hydrogens is 262 g/mol. The molecule has 0 fully saturated rings. The number of allylic oxidation sites excluding steroid dienone is 2. The second kappa shape index (κ2) is 8.91. The third-order valence-corrected chi connectivity index (χ3v) is 4.24. The fraction of sp³-hybridized carbons (Fsp3) is 0.444. The Labute approximate surface area is 128 Å². The maximum absolute atomic E-state index is 4.18. The maximum atomic E-state index is 4.18. The Morgan fingerprint density at radius 1 is 1.30 bits per heavy atom. The molecule has 0 aromatic heterocycles. The molecule has 1 rings (SSSR count). The molecule has 0 spiro atoms. The molecule has 0 bridgehead atoms. The van der Waals surface area contributed by atoms with Gasteiger partial charge in [0.15, 0.2) is 0 Å². The van der Waals surface area contributed by atoms with E-state index >= 15 is 0 Å². The van der Waals surface area contributed by atoms with E-state index < -0.39 is 0 Å². The number of hydrogen-bond acceptors (Lipinski definition) is 2. The van der Waals surface area contributed by atoms with Crippen LogP contribution < -0.4 is 5.32 Å². The lowest BCUT2D eigenvalue weighted by molar-refractivity contribution is 0.715. The van der Waals surface area contributed by atoms with Crippen LogP contribution in [-0.2, 0) is 6.42 Å². The molecule has 2 heteroatoms. The van der Waals surface area contributed by atoms with Gasteiger partial charge in [-0.05, 0) is 35.8 Å². The monoisotopic (exact) mass is 289 g/mol. The van der Waals surface area contributed by atoms with E-state index in [2.05, 4.69) is 62.8 Å². The van der Waals surface area contributed by atoms with E-state index in [0.717, 1.165) is 31.4 Å². The first-order valence-electron chi connectivity index (χ1n) is 7.34. The Morgan fingerprint density at radius 2 is 2.05 bits per heavy atom. The van der Waals surface area contributed by atoms with Gasteiger partial charge in [-0.1, -0.05) is 57.7 Å². The van der Waals surface area contributed by atoms with E-state index in [1.54, 1.807) is 0 Å². The molecule has 1 unspecified atom stereocenters. The highest BCUT2D eigenvalue weighted by Gasteiger charge is 2.09. The lowest BCUT2D eigenvalue weighted by Gasteiger charge is -2.19. The van der Waals surface area contributed by atoms with Gasteiger partial charge in [0.05, 0.1) is 5.37 Å². The lowest BCUT2D eigenvalue weighted by atomic mass is 10.00. The van der Waals surface area contributed by atoms with Gasteiger partial charge in [-0.3, -0.25) is 0 Å². The van der Waals surface area contributed by atoms with Crippen LogP contribution in [-0.4, -0.2) is 11.6 Å². The Morgan fingerprint density at radius 3 is 2.65 bits per heavy atom. The summed E-state index contributed by atoms with van der Waals surface area (Å²) in [4.78, 5) is 0. The minimum absolute atomic E-state index is 0.386. The quantitative estimate of drug-likeness (QED) is 0.623. The first-order valence-corrected chi connectivity index (χ1v) is 8.63. The van der Waals surface area contributed by atoms with Crippen LogP contribution in [0, 0.1) is 0 Å². The zero-order chi connectivity index (χ0) is 15.0. The topological polar surface area (TPSA) is 12.0 Å². The third kappa shape index (κ3) is 5.46. The molecule has 0 aliphatic rings. The summed E-state index contributed by atoms with van der Waals surface area (Å²) in [7, 11) is 0. The minimum atomic E-state index is 0.386. The Kier molecular flexibility index (Phi) is 7.53. The van der Waals surface area contributed by atoms with Crippen LogP contribution in [0.5, 0.6) is 0 Å². The highest BCUT2D eigenvalue weighted by Crippen LogP contribution is 2.21. The van der Waals surface area contributed by atoms with Crippen LogP contribution in [0.2, 0.25) is 0 Å². The van der Waals surface area contributed by atoms with Crippen molar-refractivity contribution in [2.24, 2.45) is 0 Å². The van der Waals surface area contributed by atoms with Crippen LogP contribution in [0.15, 0.2) is 43.1 Å². The van der Waals surface area contributed by atoms with Gasteiger partial charge in [-0.2, -0.15) is 0 Å². The highest BCUT2D eigenvalue weighted by molar-refractivity contribution is 7.99. The summed E-state index contributed by atoms with van der Waals surface area (Å²) in [6, 6.07) is 8.77. The van der Waals surface area contributed by atoms with Crippen molar-refractivity contribution in [2.45, 2.75) is 44.9 Å². The molecule has 0 saturated heterocycles. The number of thioether (sulfide) groups is 1. The van der Waals surface area contributed by atoms with Gasteiger partial charge in [0.2, 0.25) is 0 Å². The van der Waals surface area contributed by atoms with Crippen molar-refractivity contribution in [1.82, 2.24) is 5.32 Å². The molecule has 0 amide bonds. The fourth-order valence-corrected chi connectivity index (χ4v) is 2.75. The fourth-order valence-electron chi connectivity index (χ4n) is 2.10. The molecule has 0 heterocycles. The first-order chi connectivity index (χ1) is 9.60. The molecule has 0 aliphatic heterocycles. The molecule has 110 valence electrons. The highest BCUT2D eigenvalue weighted by atomic mass is 32.2. The van der Waals surface area contributed by atoms with Crippen LogP contribution in [0.25, 0.3) is 5.57 Å². The van der Waals surface area contributed by atoms with Gasteiger partial charge in [0, 0.05) is 12.1 Å². The van der Waals surface area contributed by atoms with Crippen molar-refractivity contribution < 1.29 is 0 Å². The molecule has 0 aliphatic carbocycles. The largest absolute Gasteiger partial charge is 0.377 e. The summed E-state index contributed by atoms with van der Waals surface area (Å²) in [5, 5.41) is 3.87. The molecule has 1 N–H and O–H groups in total. The number of hydrogen-bond donors (Lipinski definition) is 1. The SMILES string of the molecule is C=C(CC)NC(Cc1cccc(C(=C)CCC)c1)SC. The van der Waals surface area contributed by atoms with Gasteiger partial charge in [0.1, 0.15) is 0 Å². The van der Waals surface area contributed by atoms with E-state index in [-0.39, 0.29) is 0 Å². The smallest absolute Gasteiger partial charge is 0.0757 e. The number of benzene rings is 1. The summed E-state index contributed by atoms with van der Waals surface area (Å²) in [5.41, 5.74) is 4.98. The minimum Gasteiger partial charge on any atom is -0.377 e. The van der Waals surface area contributed by atoms with Crippen LogP contribution >= 0.6 is 11.8 Å². The molecule has 1 atom stereocenters. The summed E-state index contributed by atoms with van der Waals surface area (Å²) in [6.45, 7) is 12.5. The standard InChI is InChI=1S/C18H27NS/c1-6-9-14(3)17-11-8-10-16(12-17)13-18(20-5)19-15(4)7-2/h8,10-12,18-19H,3-4,6-7,9,13H2,1-2,5H3. The molecule has 20 heavy (non-hydrogen) atoms. The molecule has 1 aromatic carbocycles.